The van der Waals surface area contributed by atoms with E-state index in [2.05, 4.69) is 0 Å². The average Bonchev–Trinajstić information content (AvgIpc) is 2.33. The largest absolute Gasteiger partial charge is 0.496 e. The van der Waals surface area contributed by atoms with Crippen LogP contribution in [-0.4, -0.2) is 7.11 Å². The van der Waals surface area contributed by atoms with E-state index in [0.717, 1.165) is 39.6 Å². The van der Waals surface area contributed by atoms with Crippen LogP contribution in [0.2, 0.25) is 5.02 Å². The van der Waals surface area contributed by atoms with Crippen LogP contribution in [0.25, 0.3) is 0 Å². The molecule has 0 saturated heterocycles. The van der Waals surface area contributed by atoms with Gasteiger partial charge < -0.3 is 10.5 Å². The first-order chi connectivity index (χ1) is 8.60. The van der Waals surface area contributed by atoms with E-state index in [9.17, 15) is 0 Å². The summed E-state index contributed by atoms with van der Waals surface area (Å²) in [6.07, 6.45) is 0.758. The van der Waals surface area contributed by atoms with Gasteiger partial charge in [-0.15, -0.1) is 0 Å². The minimum Gasteiger partial charge on any atom is -0.496 e. The second-order valence-electron chi connectivity index (χ2n) is 4.34. The monoisotopic (exact) mass is 261 g/mol. The summed E-state index contributed by atoms with van der Waals surface area (Å²) in [4.78, 5) is 0. The van der Waals surface area contributed by atoms with Crippen molar-refractivity contribution in [2.75, 3.05) is 12.8 Å². The number of rotatable bonds is 3. The molecule has 0 spiro atoms. The van der Waals surface area contributed by atoms with Crippen molar-refractivity contribution in [2.24, 2.45) is 0 Å². The molecule has 0 aliphatic rings. The lowest BCUT2D eigenvalue weighted by molar-refractivity contribution is 0.410. The van der Waals surface area contributed by atoms with Crippen molar-refractivity contribution >= 4 is 17.3 Å². The smallest absolute Gasteiger partial charge is 0.122 e. The lowest BCUT2D eigenvalue weighted by Crippen LogP contribution is -1.96. The van der Waals surface area contributed by atoms with Crippen LogP contribution in [0.15, 0.2) is 36.4 Å². The van der Waals surface area contributed by atoms with E-state index < -0.39 is 0 Å². The topological polar surface area (TPSA) is 35.2 Å². The van der Waals surface area contributed by atoms with Crippen LogP contribution in [0.1, 0.15) is 16.7 Å². The Morgan fingerprint density at radius 2 is 2.00 bits per heavy atom. The molecule has 0 aliphatic heterocycles. The molecular formula is C15H16ClNO. The predicted molar refractivity (Wildman–Crippen MR) is 76.4 cm³/mol. The van der Waals surface area contributed by atoms with Gasteiger partial charge in [0.25, 0.3) is 0 Å². The number of methoxy groups -OCH3 is 1. The van der Waals surface area contributed by atoms with Crippen molar-refractivity contribution in [3.8, 4) is 5.75 Å². The van der Waals surface area contributed by atoms with Gasteiger partial charge in [-0.05, 0) is 47.9 Å². The molecule has 0 fully saturated rings. The Morgan fingerprint density at radius 3 is 2.67 bits per heavy atom. The molecule has 2 nitrogen and oxygen atoms in total. The average molecular weight is 262 g/mol. The number of anilines is 1. The molecule has 94 valence electrons. The van der Waals surface area contributed by atoms with Crippen LogP contribution >= 0.6 is 11.6 Å². The highest BCUT2D eigenvalue weighted by molar-refractivity contribution is 6.31. The van der Waals surface area contributed by atoms with Gasteiger partial charge in [-0.1, -0.05) is 23.7 Å². The van der Waals surface area contributed by atoms with Gasteiger partial charge >= 0.3 is 0 Å². The SMILES string of the molecule is COc1cc(C)c(Cl)cc1Cc1cccc(N)c1. The highest BCUT2D eigenvalue weighted by Gasteiger charge is 2.08. The first-order valence-electron chi connectivity index (χ1n) is 5.77. The van der Waals surface area contributed by atoms with Gasteiger partial charge in [0.05, 0.1) is 7.11 Å². The molecule has 0 saturated carbocycles. The molecule has 0 heterocycles. The third kappa shape index (κ3) is 2.77. The lowest BCUT2D eigenvalue weighted by atomic mass is 10.0. The number of benzene rings is 2. The molecule has 0 aromatic heterocycles. The minimum atomic E-state index is 0.758. The first kappa shape index (κ1) is 12.8. The lowest BCUT2D eigenvalue weighted by Gasteiger charge is -2.11. The summed E-state index contributed by atoms with van der Waals surface area (Å²) in [5, 5.41) is 0.759. The molecule has 3 heteroatoms. The van der Waals surface area contributed by atoms with Gasteiger partial charge in [0, 0.05) is 17.1 Å². The normalized spacial score (nSPS) is 10.4. The number of aryl methyl sites for hydroxylation is 1. The molecule has 0 aliphatic carbocycles. The van der Waals surface area contributed by atoms with Gasteiger partial charge in [-0.3, -0.25) is 0 Å². The highest BCUT2D eigenvalue weighted by Crippen LogP contribution is 2.28. The summed E-state index contributed by atoms with van der Waals surface area (Å²) in [7, 11) is 1.67. The van der Waals surface area contributed by atoms with Crippen molar-refractivity contribution < 1.29 is 4.74 Å². The van der Waals surface area contributed by atoms with Crippen molar-refractivity contribution in [3.63, 3.8) is 0 Å². The van der Waals surface area contributed by atoms with E-state index in [4.69, 9.17) is 22.1 Å². The standard InChI is InChI=1S/C15H16ClNO/c1-10-6-15(18-2)12(9-14(10)16)7-11-4-3-5-13(17)8-11/h3-6,8-9H,7,17H2,1-2H3. The van der Waals surface area contributed by atoms with E-state index in [0.29, 0.717) is 0 Å². The molecule has 18 heavy (non-hydrogen) atoms. The maximum atomic E-state index is 6.16. The Hall–Kier alpha value is -1.67. The summed E-state index contributed by atoms with van der Waals surface area (Å²) >= 11 is 6.16. The van der Waals surface area contributed by atoms with E-state index >= 15 is 0 Å². The second-order valence-corrected chi connectivity index (χ2v) is 4.74. The Labute approximate surface area is 112 Å². The van der Waals surface area contributed by atoms with Crippen LogP contribution in [0.4, 0.5) is 5.69 Å². The van der Waals surface area contributed by atoms with Crippen molar-refractivity contribution in [1.82, 2.24) is 0 Å². The second kappa shape index (κ2) is 5.32. The maximum Gasteiger partial charge on any atom is 0.122 e. The van der Waals surface area contributed by atoms with Gasteiger partial charge in [0.1, 0.15) is 5.75 Å². The van der Waals surface area contributed by atoms with Gasteiger partial charge in [-0.2, -0.15) is 0 Å². The first-order valence-corrected chi connectivity index (χ1v) is 6.15. The molecule has 0 unspecified atom stereocenters. The molecule has 0 bridgehead atoms. The molecule has 2 aromatic rings. The summed E-state index contributed by atoms with van der Waals surface area (Å²) in [6, 6.07) is 11.8. The summed E-state index contributed by atoms with van der Waals surface area (Å²) in [5.74, 6) is 0.860. The van der Waals surface area contributed by atoms with Crippen LogP contribution in [-0.2, 0) is 6.42 Å². The van der Waals surface area contributed by atoms with Crippen LogP contribution < -0.4 is 10.5 Å². The predicted octanol–water partition coefficient (Wildman–Crippen LogP) is 3.83. The Morgan fingerprint density at radius 1 is 1.22 bits per heavy atom. The number of halogens is 1. The number of hydrogen-bond acceptors (Lipinski definition) is 2. The van der Waals surface area contributed by atoms with Crippen LogP contribution in [0.5, 0.6) is 5.75 Å². The van der Waals surface area contributed by atoms with Gasteiger partial charge in [0.15, 0.2) is 0 Å². The van der Waals surface area contributed by atoms with E-state index in [1.54, 1.807) is 7.11 Å². The Balaban J connectivity index is 2.36. The fourth-order valence-electron chi connectivity index (χ4n) is 1.95. The molecule has 0 radical (unpaired) electrons. The number of hydrogen-bond donors (Lipinski definition) is 1. The fourth-order valence-corrected chi connectivity index (χ4v) is 2.13. The van der Waals surface area contributed by atoms with Crippen LogP contribution in [0, 0.1) is 6.92 Å². The van der Waals surface area contributed by atoms with Crippen LogP contribution in [0.3, 0.4) is 0 Å². The van der Waals surface area contributed by atoms with E-state index in [1.807, 2.05) is 43.3 Å². The van der Waals surface area contributed by atoms with E-state index in [1.165, 1.54) is 0 Å². The zero-order chi connectivity index (χ0) is 13.1. The number of nitrogen functional groups attached to an aromatic ring is 1. The zero-order valence-electron chi connectivity index (χ0n) is 10.5. The third-order valence-electron chi connectivity index (χ3n) is 2.91. The van der Waals surface area contributed by atoms with Crippen molar-refractivity contribution in [2.45, 2.75) is 13.3 Å². The Bertz CT molecular complexity index is 566. The third-order valence-corrected chi connectivity index (χ3v) is 3.31. The van der Waals surface area contributed by atoms with Gasteiger partial charge in [0.2, 0.25) is 0 Å². The summed E-state index contributed by atoms with van der Waals surface area (Å²) in [6.45, 7) is 1.97. The summed E-state index contributed by atoms with van der Waals surface area (Å²) in [5.41, 5.74) is 9.78. The number of ether oxygens (including phenoxy) is 1. The van der Waals surface area contributed by atoms with Crippen molar-refractivity contribution in [3.05, 3.63) is 58.1 Å². The molecule has 2 aromatic carbocycles. The molecule has 2 rings (SSSR count). The molecular weight excluding hydrogens is 246 g/mol. The number of nitrogens with two attached hydrogens (primary N) is 1. The maximum absolute atomic E-state index is 6.16. The molecule has 0 atom stereocenters. The molecule has 2 N–H and O–H groups in total. The Kier molecular flexibility index (Phi) is 3.78. The van der Waals surface area contributed by atoms with E-state index in [-0.39, 0.29) is 0 Å². The highest BCUT2D eigenvalue weighted by atomic mass is 35.5. The molecule has 0 amide bonds. The quantitative estimate of drug-likeness (QED) is 0.853. The van der Waals surface area contributed by atoms with Gasteiger partial charge in [-0.25, -0.2) is 0 Å². The fraction of sp³-hybridized carbons (Fsp3) is 0.200. The summed E-state index contributed by atoms with van der Waals surface area (Å²) < 4.78 is 5.39. The minimum absolute atomic E-state index is 0.758. The van der Waals surface area contributed by atoms with Crippen molar-refractivity contribution in [1.29, 1.82) is 0 Å². The zero-order valence-corrected chi connectivity index (χ0v) is 11.3.